The molecule has 1 saturated heterocycles. The highest BCUT2D eigenvalue weighted by Crippen LogP contribution is 2.24. The number of amides is 2. The van der Waals surface area contributed by atoms with E-state index in [0.717, 1.165) is 0 Å². The van der Waals surface area contributed by atoms with Gasteiger partial charge in [-0.05, 0) is 18.6 Å². The Balaban J connectivity index is 2.23. The average molecular weight is 318 g/mol. The summed E-state index contributed by atoms with van der Waals surface area (Å²) in [5.74, 6) is 0. The summed E-state index contributed by atoms with van der Waals surface area (Å²) in [5, 5.41) is 0.198. The van der Waals surface area contributed by atoms with Gasteiger partial charge in [0.25, 0.3) is 0 Å². The average Bonchev–Trinajstić information content (AvgIpc) is 2.65. The summed E-state index contributed by atoms with van der Waals surface area (Å²) in [6, 6.07) is 5.81. The van der Waals surface area contributed by atoms with Gasteiger partial charge >= 0.3 is 6.03 Å². The Morgan fingerprint density at radius 1 is 1.15 bits per heavy atom. The molecule has 0 aliphatic carbocycles. The summed E-state index contributed by atoms with van der Waals surface area (Å²) < 4.78 is 26.4. The fourth-order valence-electron chi connectivity index (χ4n) is 2.15. The van der Waals surface area contributed by atoms with Gasteiger partial charge in [0.1, 0.15) is 4.90 Å². The summed E-state index contributed by atoms with van der Waals surface area (Å²) >= 11 is 5.96. The second-order valence-electron chi connectivity index (χ2n) is 4.51. The quantitative estimate of drug-likeness (QED) is 0.887. The second-order valence-corrected chi connectivity index (χ2v) is 6.83. The molecule has 0 saturated carbocycles. The number of halogens is 1. The number of urea groups is 1. The maximum absolute atomic E-state index is 12.5. The smallest absolute Gasteiger partial charge is 0.314 e. The second kappa shape index (κ2) is 5.99. The van der Waals surface area contributed by atoms with Crippen molar-refractivity contribution in [1.29, 1.82) is 0 Å². The fourth-order valence-corrected chi connectivity index (χ4v) is 4.11. The van der Waals surface area contributed by atoms with Crippen molar-refractivity contribution in [3.8, 4) is 0 Å². The van der Waals surface area contributed by atoms with Crippen molar-refractivity contribution < 1.29 is 13.2 Å². The Kier molecular flexibility index (Phi) is 4.52. The molecule has 1 aliphatic heterocycles. The summed E-state index contributed by atoms with van der Waals surface area (Å²) in [6.07, 6.45) is 0.548. The molecular formula is C12H16ClN3O3S. The Labute approximate surface area is 123 Å². The van der Waals surface area contributed by atoms with Crippen LogP contribution in [0.15, 0.2) is 29.2 Å². The Morgan fingerprint density at radius 3 is 2.50 bits per heavy atom. The van der Waals surface area contributed by atoms with Crippen LogP contribution in [0.2, 0.25) is 5.02 Å². The molecule has 6 nitrogen and oxygen atoms in total. The van der Waals surface area contributed by atoms with Crippen LogP contribution >= 0.6 is 11.6 Å². The molecule has 0 atom stereocenters. The molecule has 0 bridgehead atoms. The maximum atomic E-state index is 12.5. The SMILES string of the molecule is NC(=O)N1CCCN(S(=O)(=O)c2ccccc2Cl)CC1. The molecule has 0 spiro atoms. The number of rotatable bonds is 2. The van der Waals surface area contributed by atoms with Crippen LogP contribution in [0.25, 0.3) is 0 Å². The molecule has 1 fully saturated rings. The van der Waals surface area contributed by atoms with Crippen LogP contribution in [0, 0.1) is 0 Å². The van der Waals surface area contributed by atoms with Gasteiger partial charge in [0, 0.05) is 26.2 Å². The van der Waals surface area contributed by atoms with Crippen molar-refractivity contribution in [2.75, 3.05) is 26.2 Å². The first-order valence-electron chi connectivity index (χ1n) is 6.22. The van der Waals surface area contributed by atoms with E-state index in [2.05, 4.69) is 0 Å². The van der Waals surface area contributed by atoms with Crippen LogP contribution in [-0.2, 0) is 10.0 Å². The fraction of sp³-hybridized carbons (Fsp3) is 0.417. The molecule has 110 valence electrons. The molecule has 0 aromatic heterocycles. The molecule has 1 aromatic carbocycles. The number of benzene rings is 1. The predicted octanol–water partition coefficient (Wildman–Crippen LogP) is 1.12. The zero-order valence-electron chi connectivity index (χ0n) is 10.8. The van der Waals surface area contributed by atoms with Gasteiger partial charge < -0.3 is 10.6 Å². The molecule has 2 N–H and O–H groups in total. The van der Waals surface area contributed by atoms with Crippen molar-refractivity contribution >= 4 is 27.7 Å². The van der Waals surface area contributed by atoms with Gasteiger partial charge in [0.05, 0.1) is 5.02 Å². The van der Waals surface area contributed by atoms with E-state index in [1.807, 2.05) is 0 Å². The minimum absolute atomic E-state index is 0.0918. The first-order chi connectivity index (χ1) is 9.43. The Bertz CT molecular complexity index is 606. The number of sulfonamides is 1. The van der Waals surface area contributed by atoms with Crippen molar-refractivity contribution in [3.63, 3.8) is 0 Å². The molecule has 2 rings (SSSR count). The van der Waals surface area contributed by atoms with E-state index in [9.17, 15) is 13.2 Å². The van der Waals surface area contributed by atoms with E-state index < -0.39 is 16.1 Å². The molecule has 2 amide bonds. The van der Waals surface area contributed by atoms with Gasteiger partial charge in [-0.3, -0.25) is 0 Å². The largest absolute Gasteiger partial charge is 0.351 e. The highest BCUT2D eigenvalue weighted by molar-refractivity contribution is 7.89. The lowest BCUT2D eigenvalue weighted by atomic mass is 10.4. The standard InChI is InChI=1S/C12H16ClN3O3S/c13-10-4-1-2-5-11(10)20(18,19)16-7-3-6-15(8-9-16)12(14)17/h1-2,4-5H,3,6-9H2,(H2,14,17). The minimum atomic E-state index is -3.64. The van der Waals surface area contributed by atoms with E-state index in [1.165, 1.54) is 15.3 Å². The number of nitrogens with zero attached hydrogens (tertiary/aromatic N) is 2. The first-order valence-corrected chi connectivity index (χ1v) is 8.04. The minimum Gasteiger partial charge on any atom is -0.351 e. The van der Waals surface area contributed by atoms with Crippen molar-refractivity contribution in [2.45, 2.75) is 11.3 Å². The summed E-state index contributed by atoms with van der Waals surface area (Å²) in [7, 11) is -3.64. The lowest BCUT2D eigenvalue weighted by Gasteiger charge is -2.21. The zero-order valence-corrected chi connectivity index (χ0v) is 12.4. The van der Waals surface area contributed by atoms with E-state index in [4.69, 9.17) is 17.3 Å². The highest BCUT2D eigenvalue weighted by Gasteiger charge is 2.29. The zero-order chi connectivity index (χ0) is 14.8. The number of nitrogens with two attached hydrogens (primary N) is 1. The third-order valence-corrected chi connectivity index (χ3v) is 5.62. The summed E-state index contributed by atoms with van der Waals surface area (Å²) in [5.41, 5.74) is 5.22. The molecular weight excluding hydrogens is 302 g/mol. The third-order valence-electron chi connectivity index (χ3n) is 3.22. The molecule has 8 heteroatoms. The molecule has 0 radical (unpaired) electrons. The maximum Gasteiger partial charge on any atom is 0.314 e. The predicted molar refractivity (Wildman–Crippen MR) is 76.0 cm³/mol. The molecule has 1 aromatic rings. The van der Waals surface area contributed by atoms with E-state index in [0.29, 0.717) is 26.1 Å². The molecule has 1 aliphatic rings. The van der Waals surface area contributed by atoms with Crippen molar-refractivity contribution in [2.24, 2.45) is 5.73 Å². The number of carbonyl (C=O) groups excluding carboxylic acids is 1. The van der Waals surface area contributed by atoms with E-state index >= 15 is 0 Å². The Morgan fingerprint density at radius 2 is 1.85 bits per heavy atom. The third kappa shape index (κ3) is 3.05. The summed E-state index contributed by atoms with van der Waals surface area (Å²) in [4.78, 5) is 12.7. The lowest BCUT2D eigenvalue weighted by molar-refractivity contribution is 0.210. The first kappa shape index (κ1) is 15.1. The van der Waals surface area contributed by atoms with Gasteiger partial charge in [-0.15, -0.1) is 0 Å². The normalized spacial score (nSPS) is 17.8. The topological polar surface area (TPSA) is 83.7 Å². The molecule has 0 unspecified atom stereocenters. The van der Waals surface area contributed by atoms with Crippen LogP contribution in [0.5, 0.6) is 0 Å². The monoisotopic (exact) mass is 317 g/mol. The van der Waals surface area contributed by atoms with Crippen LogP contribution in [0.4, 0.5) is 4.79 Å². The number of hydrogen-bond acceptors (Lipinski definition) is 3. The number of primary amides is 1. The van der Waals surface area contributed by atoms with Crippen LogP contribution < -0.4 is 5.73 Å². The van der Waals surface area contributed by atoms with E-state index in [-0.39, 0.29) is 16.5 Å². The highest BCUT2D eigenvalue weighted by atomic mass is 35.5. The molecule has 20 heavy (non-hydrogen) atoms. The summed E-state index contributed by atoms with van der Waals surface area (Å²) in [6.45, 7) is 1.32. The number of hydrogen-bond donors (Lipinski definition) is 1. The van der Waals surface area contributed by atoms with Gasteiger partial charge in [0.2, 0.25) is 10.0 Å². The lowest BCUT2D eigenvalue weighted by Crippen LogP contribution is -2.39. The van der Waals surface area contributed by atoms with Crippen LogP contribution in [-0.4, -0.2) is 49.8 Å². The van der Waals surface area contributed by atoms with Gasteiger partial charge in [-0.2, -0.15) is 4.31 Å². The molecule has 1 heterocycles. The van der Waals surface area contributed by atoms with E-state index in [1.54, 1.807) is 18.2 Å². The van der Waals surface area contributed by atoms with Gasteiger partial charge in [0.15, 0.2) is 0 Å². The van der Waals surface area contributed by atoms with Crippen molar-refractivity contribution in [3.05, 3.63) is 29.3 Å². The van der Waals surface area contributed by atoms with Gasteiger partial charge in [-0.1, -0.05) is 23.7 Å². The van der Waals surface area contributed by atoms with Crippen LogP contribution in [0.3, 0.4) is 0 Å². The Hall–Kier alpha value is -1.31. The van der Waals surface area contributed by atoms with Crippen molar-refractivity contribution in [1.82, 2.24) is 9.21 Å². The van der Waals surface area contributed by atoms with Gasteiger partial charge in [-0.25, -0.2) is 13.2 Å². The number of carbonyl (C=O) groups is 1. The van der Waals surface area contributed by atoms with Crippen LogP contribution in [0.1, 0.15) is 6.42 Å².